The van der Waals surface area contributed by atoms with Crippen LogP contribution in [-0.2, 0) is 6.18 Å². The predicted octanol–water partition coefficient (Wildman–Crippen LogP) is 3.41. The number of nitrogens with zero attached hydrogens (tertiary/aromatic N) is 1. The summed E-state index contributed by atoms with van der Waals surface area (Å²) >= 11 is 1.42. The summed E-state index contributed by atoms with van der Waals surface area (Å²) in [5.41, 5.74) is 6.03. The quantitative estimate of drug-likeness (QED) is 0.848. The van der Waals surface area contributed by atoms with Crippen molar-refractivity contribution in [2.24, 2.45) is 5.73 Å². The van der Waals surface area contributed by atoms with E-state index in [-0.39, 0.29) is 6.04 Å². The van der Waals surface area contributed by atoms with Gasteiger partial charge in [-0.05, 0) is 24.6 Å². The Morgan fingerprint density at radius 3 is 2.79 bits per heavy atom. The third kappa shape index (κ3) is 3.42. The number of fused-ring (bicyclic) bond motifs is 1. The van der Waals surface area contributed by atoms with Crippen LogP contribution in [-0.4, -0.2) is 21.8 Å². The third-order valence-electron chi connectivity index (χ3n) is 2.75. The molecule has 0 spiro atoms. The molecule has 3 nitrogen and oxygen atoms in total. The number of thioether (sulfide) groups is 1. The lowest BCUT2D eigenvalue weighted by Crippen LogP contribution is -2.21. The van der Waals surface area contributed by atoms with Crippen molar-refractivity contribution in [3.63, 3.8) is 0 Å². The maximum Gasteiger partial charge on any atom is 0.416 e. The van der Waals surface area contributed by atoms with Gasteiger partial charge in [-0.2, -0.15) is 13.2 Å². The molecule has 0 saturated heterocycles. The van der Waals surface area contributed by atoms with E-state index in [1.807, 2.05) is 6.92 Å². The van der Waals surface area contributed by atoms with Crippen molar-refractivity contribution in [1.29, 1.82) is 0 Å². The Kier molecular flexibility index (Phi) is 4.05. The van der Waals surface area contributed by atoms with Crippen LogP contribution in [0.1, 0.15) is 18.9 Å². The second kappa shape index (κ2) is 5.42. The van der Waals surface area contributed by atoms with Crippen molar-refractivity contribution in [3.05, 3.63) is 23.8 Å². The highest BCUT2D eigenvalue weighted by Crippen LogP contribution is 2.31. The van der Waals surface area contributed by atoms with Gasteiger partial charge in [-0.1, -0.05) is 18.7 Å². The summed E-state index contributed by atoms with van der Waals surface area (Å²) in [6.07, 6.45) is -3.48. The molecule has 2 rings (SSSR count). The molecule has 0 fully saturated rings. The normalized spacial score (nSPS) is 13.9. The first-order chi connectivity index (χ1) is 8.90. The van der Waals surface area contributed by atoms with Gasteiger partial charge >= 0.3 is 6.18 Å². The van der Waals surface area contributed by atoms with Crippen LogP contribution < -0.4 is 5.73 Å². The molecule has 19 heavy (non-hydrogen) atoms. The van der Waals surface area contributed by atoms with Crippen LogP contribution in [0.3, 0.4) is 0 Å². The molecule has 0 aliphatic rings. The maximum atomic E-state index is 12.6. The molecule has 7 heteroatoms. The number of rotatable bonds is 4. The highest BCUT2D eigenvalue weighted by atomic mass is 32.2. The molecule has 1 unspecified atom stereocenters. The zero-order chi connectivity index (χ0) is 14.0. The summed E-state index contributed by atoms with van der Waals surface area (Å²) in [5.74, 6) is 0.683. The number of aromatic amines is 1. The molecular formula is C12H14F3N3S. The number of alkyl halides is 3. The highest BCUT2D eigenvalue weighted by Gasteiger charge is 2.30. The van der Waals surface area contributed by atoms with E-state index in [4.69, 9.17) is 5.73 Å². The average Bonchev–Trinajstić information content (AvgIpc) is 2.76. The second-order valence-electron chi connectivity index (χ2n) is 4.25. The molecule has 1 aromatic carbocycles. The Morgan fingerprint density at radius 2 is 2.16 bits per heavy atom. The van der Waals surface area contributed by atoms with Crippen molar-refractivity contribution in [2.45, 2.75) is 30.7 Å². The lowest BCUT2D eigenvalue weighted by atomic mass is 10.2. The van der Waals surface area contributed by atoms with Gasteiger partial charge in [0.05, 0.1) is 16.6 Å². The summed E-state index contributed by atoms with van der Waals surface area (Å²) in [6.45, 7) is 1.99. The number of aromatic nitrogens is 2. The van der Waals surface area contributed by atoms with E-state index in [0.29, 0.717) is 21.9 Å². The fourth-order valence-electron chi connectivity index (χ4n) is 1.53. The molecule has 2 aromatic rings. The molecule has 1 aromatic heterocycles. The van der Waals surface area contributed by atoms with Crippen molar-refractivity contribution in [2.75, 3.05) is 5.75 Å². The average molecular weight is 289 g/mol. The number of hydrogen-bond donors (Lipinski definition) is 2. The molecule has 0 saturated carbocycles. The van der Waals surface area contributed by atoms with Crippen molar-refractivity contribution >= 4 is 22.8 Å². The van der Waals surface area contributed by atoms with Crippen LogP contribution >= 0.6 is 11.8 Å². The molecule has 3 N–H and O–H groups in total. The number of benzene rings is 1. The predicted molar refractivity (Wildman–Crippen MR) is 70.1 cm³/mol. The molecule has 0 aliphatic carbocycles. The number of nitrogens with two attached hydrogens (primary N) is 1. The first-order valence-electron chi connectivity index (χ1n) is 5.85. The van der Waals surface area contributed by atoms with Gasteiger partial charge < -0.3 is 10.7 Å². The zero-order valence-electron chi connectivity index (χ0n) is 10.3. The second-order valence-corrected chi connectivity index (χ2v) is 5.26. The van der Waals surface area contributed by atoms with Crippen LogP contribution in [0, 0.1) is 0 Å². The Bertz CT molecular complexity index is 565. The van der Waals surface area contributed by atoms with Gasteiger partial charge in [-0.3, -0.25) is 0 Å². The van der Waals surface area contributed by atoms with E-state index in [1.54, 1.807) is 0 Å². The topological polar surface area (TPSA) is 54.7 Å². The summed E-state index contributed by atoms with van der Waals surface area (Å²) < 4.78 is 37.7. The number of H-pyrrole nitrogens is 1. The van der Waals surface area contributed by atoms with Gasteiger partial charge in [0, 0.05) is 11.8 Å². The molecule has 0 aliphatic heterocycles. The minimum Gasteiger partial charge on any atom is -0.333 e. The van der Waals surface area contributed by atoms with Gasteiger partial charge in [-0.15, -0.1) is 0 Å². The van der Waals surface area contributed by atoms with Gasteiger partial charge in [-0.25, -0.2) is 4.98 Å². The summed E-state index contributed by atoms with van der Waals surface area (Å²) in [5, 5.41) is 0.596. The molecule has 1 heterocycles. The first-order valence-corrected chi connectivity index (χ1v) is 6.84. The fraction of sp³-hybridized carbons (Fsp3) is 0.417. The highest BCUT2D eigenvalue weighted by molar-refractivity contribution is 7.99. The van der Waals surface area contributed by atoms with E-state index in [0.717, 1.165) is 18.6 Å². The maximum absolute atomic E-state index is 12.6. The molecule has 1 atom stereocenters. The van der Waals surface area contributed by atoms with Gasteiger partial charge in [0.1, 0.15) is 0 Å². The Hall–Kier alpha value is -1.21. The smallest absolute Gasteiger partial charge is 0.333 e. The third-order valence-corrected chi connectivity index (χ3v) is 3.81. The van der Waals surface area contributed by atoms with Gasteiger partial charge in [0.15, 0.2) is 5.16 Å². The Balaban J connectivity index is 2.21. The molecular weight excluding hydrogens is 275 g/mol. The lowest BCUT2D eigenvalue weighted by molar-refractivity contribution is -0.137. The van der Waals surface area contributed by atoms with E-state index >= 15 is 0 Å². The van der Waals surface area contributed by atoms with Crippen molar-refractivity contribution in [1.82, 2.24) is 9.97 Å². The SMILES string of the molecule is CCC(N)CSc1nc2ccc(C(F)(F)F)cc2[nH]1. The molecule has 0 radical (unpaired) electrons. The van der Waals surface area contributed by atoms with Crippen LogP contribution in [0.2, 0.25) is 0 Å². The minimum absolute atomic E-state index is 0.0592. The van der Waals surface area contributed by atoms with Crippen LogP contribution in [0.5, 0.6) is 0 Å². The Morgan fingerprint density at radius 1 is 1.42 bits per heavy atom. The summed E-state index contributed by atoms with van der Waals surface area (Å²) in [7, 11) is 0. The molecule has 0 amide bonds. The fourth-order valence-corrected chi connectivity index (χ4v) is 2.49. The van der Waals surface area contributed by atoms with E-state index in [1.165, 1.54) is 17.8 Å². The van der Waals surface area contributed by atoms with Gasteiger partial charge in [0.25, 0.3) is 0 Å². The number of halogens is 3. The number of nitrogens with one attached hydrogen (secondary N) is 1. The standard InChI is InChI=1S/C12H14F3N3S/c1-2-8(16)6-19-11-17-9-4-3-7(12(13,14)15)5-10(9)18-11/h3-5,8H,2,6,16H2,1H3,(H,17,18). The van der Waals surface area contributed by atoms with E-state index < -0.39 is 11.7 Å². The van der Waals surface area contributed by atoms with E-state index in [9.17, 15) is 13.2 Å². The largest absolute Gasteiger partial charge is 0.416 e. The van der Waals surface area contributed by atoms with Crippen LogP contribution in [0.15, 0.2) is 23.4 Å². The number of imidazole rings is 1. The first kappa shape index (κ1) is 14.2. The number of hydrogen-bond acceptors (Lipinski definition) is 3. The molecule has 104 valence electrons. The lowest BCUT2D eigenvalue weighted by Gasteiger charge is -2.05. The van der Waals surface area contributed by atoms with Crippen LogP contribution in [0.25, 0.3) is 11.0 Å². The van der Waals surface area contributed by atoms with Gasteiger partial charge in [0.2, 0.25) is 0 Å². The van der Waals surface area contributed by atoms with Crippen molar-refractivity contribution in [3.8, 4) is 0 Å². The van der Waals surface area contributed by atoms with Crippen molar-refractivity contribution < 1.29 is 13.2 Å². The monoisotopic (exact) mass is 289 g/mol. The molecule has 0 bridgehead atoms. The summed E-state index contributed by atoms with van der Waals surface area (Å²) in [6, 6.07) is 3.55. The Labute approximate surface area is 112 Å². The summed E-state index contributed by atoms with van der Waals surface area (Å²) in [4.78, 5) is 7.11. The van der Waals surface area contributed by atoms with Crippen LogP contribution in [0.4, 0.5) is 13.2 Å². The zero-order valence-corrected chi connectivity index (χ0v) is 11.1. The van der Waals surface area contributed by atoms with E-state index in [2.05, 4.69) is 9.97 Å². The minimum atomic E-state index is -4.34.